The SMILES string of the molecule is C/C=C(\Cc1ccc(F)cc1)C(=O)OC. The second-order valence-electron chi connectivity index (χ2n) is 3.11. The van der Waals surface area contributed by atoms with E-state index in [0.717, 1.165) is 5.56 Å². The van der Waals surface area contributed by atoms with Crippen molar-refractivity contribution in [2.75, 3.05) is 7.11 Å². The molecular formula is C12H13FO2. The van der Waals surface area contributed by atoms with Gasteiger partial charge in [0.2, 0.25) is 0 Å². The molecule has 80 valence electrons. The summed E-state index contributed by atoms with van der Waals surface area (Å²) in [5.74, 6) is -0.624. The predicted octanol–water partition coefficient (Wildman–Crippen LogP) is 2.49. The summed E-state index contributed by atoms with van der Waals surface area (Å²) in [6.45, 7) is 1.77. The Bertz CT molecular complexity index is 366. The molecule has 0 unspecified atom stereocenters. The summed E-state index contributed by atoms with van der Waals surface area (Å²) in [6, 6.07) is 6.06. The smallest absolute Gasteiger partial charge is 0.333 e. The van der Waals surface area contributed by atoms with Crippen LogP contribution in [-0.2, 0) is 16.0 Å². The van der Waals surface area contributed by atoms with Crippen molar-refractivity contribution in [1.82, 2.24) is 0 Å². The van der Waals surface area contributed by atoms with E-state index in [1.165, 1.54) is 19.2 Å². The van der Waals surface area contributed by atoms with E-state index in [2.05, 4.69) is 4.74 Å². The third kappa shape index (κ3) is 3.20. The minimum atomic E-state index is -0.346. The molecule has 0 atom stereocenters. The van der Waals surface area contributed by atoms with Crippen molar-refractivity contribution >= 4 is 5.97 Å². The first-order chi connectivity index (χ1) is 7.17. The largest absolute Gasteiger partial charge is 0.466 e. The second-order valence-corrected chi connectivity index (χ2v) is 3.11. The molecule has 0 aromatic heterocycles. The number of methoxy groups -OCH3 is 1. The van der Waals surface area contributed by atoms with Crippen LogP contribution in [0, 0.1) is 5.82 Å². The molecule has 0 amide bonds. The Morgan fingerprint density at radius 2 is 2.00 bits per heavy atom. The molecular weight excluding hydrogens is 195 g/mol. The fraction of sp³-hybridized carbons (Fsp3) is 0.250. The van der Waals surface area contributed by atoms with Crippen molar-refractivity contribution in [1.29, 1.82) is 0 Å². The van der Waals surface area contributed by atoms with Gasteiger partial charge in [0.1, 0.15) is 5.82 Å². The van der Waals surface area contributed by atoms with E-state index < -0.39 is 0 Å². The Labute approximate surface area is 88.4 Å². The minimum Gasteiger partial charge on any atom is -0.466 e. The van der Waals surface area contributed by atoms with E-state index in [-0.39, 0.29) is 11.8 Å². The number of esters is 1. The standard InChI is InChI=1S/C12H13FO2/c1-3-10(12(14)15-2)8-9-4-6-11(13)7-5-9/h3-7H,8H2,1-2H3/b10-3+. The van der Waals surface area contributed by atoms with Gasteiger partial charge in [-0.25, -0.2) is 9.18 Å². The maximum atomic E-state index is 12.6. The van der Waals surface area contributed by atoms with Crippen molar-refractivity contribution in [3.8, 4) is 0 Å². The van der Waals surface area contributed by atoms with Gasteiger partial charge >= 0.3 is 5.97 Å². The molecule has 3 heteroatoms. The summed E-state index contributed by atoms with van der Waals surface area (Å²) in [7, 11) is 1.34. The van der Waals surface area contributed by atoms with E-state index in [1.54, 1.807) is 25.1 Å². The number of hydrogen-bond acceptors (Lipinski definition) is 2. The fourth-order valence-electron chi connectivity index (χ4n) is 1.25. The van der Waals surface area contributed by atoms with Crippen LogP contribution in [0.4, 0.5) is 4.39 Å². The molecule has 0 spiro atoms. The van der Waals surface area contributed by atoms with Gasteiger partial charge in [-0.05, 0) is 24.6 Å². The summed E-state index contributed by atoms with van der Waals surface area (Å²) in [5.41, 5.74) is 1.46. The first kappa shape index (κ1) is 11.4. The average molecular weight is 208 g/mol. The molecule has 0 aliphatic heterocycles. The van der Waals surface area contributed by atoms with Gasteiger partial charge in [-0.1, -0.05) is 18.2 Å². The van der Waals surface area contributed by atoms with E-state index in [1.807, 2.05) is 0 Å². The average Bonchev–Trinajstić information content (AvgIpc) is 2.27. The minimum absolute atomic E-state index is 0.279. The highest BCUT2D eigenvalue weighted by molar-refractivity contribution is 5.88. The van der Waals surface area contributed by atoms with Crippen LogP contribution in [0.15, 0.2) is 35.9 Å². The van der Waals surface area contributed by atoms with Crippen LogP contribution in [0.1, 0.15) is 12.5 Å². The number of allylic oxidation sites excluding steroid dienone is 1. The van der Waals surface area contributed by atoms with Gasteiger partial charge < -0.3 is 4.74 Å². The lowest BCUT2D eigenvalue weighted by atomic mass is 10.1. The molecule has 0 heterocycles. The van der Waals surface area contributed by atoms with Crippen LogP contribution in [0.2, 0.25) is 0 Å². The normalized spacial score (nSPS) is 11.3. The van der Waals surface area contributed by atoms with Gasteiger partial charge in [0.25, 0.3) is 0 Å². The van der Waals surface area contributed by atoms with E-state index in [0.29, 0.717) is 12.0 Å². The summed E-state index contributed by atoms with van der Waals surface area (Å²) in [5, 5.41) is 0. The zero-order chi connectivity index (χ0) is 11.3. The number of carbonyl (C=O) groups excluding carboxylic acids is 1. The van der Waals surface area contributed by atoms with Gasteiger partial charge in [-0.15, -0.1) is 0 Å². The fourth-order valence-corrected chi connectivity index (χ4v) is 1.25. The second kappa shape index (κ2) is 5.29. The maximum absolute atomic E-state index is 12.6. The Balaban J connectivity index is 2.76. The van der Waals surface area contributed by atoms with Crippen LogP contribution < -0.4 is 0 Å². The van der Waals surface area contributed by atoms with Gasteiger partial charge in [0.15, 0.2) is 0 Å². The molecule has 0 saturated carbocycles. The molecule has 0 N–H and O–H groups in total. The Kier molecular flexibility index (Phi) is 4.03. The molecule has 2 nitrogen and oxygen atoms in total. The molecule has 1 rings (SSSR count). The van der Waals surface area contributed by atoms with E-state index in [4.69, 9.17) is 0 Å². The van der Waals surface area contributed by atoms with Gasteiger partial charge in [0, 0.05) is 12.0 Å². The number of carbonyl (C=O) groups is 1. The quantitative estimate of drug-likeness (QED) is 0.563. The third-order valence-corrected chi connectivity index (χ3v) is 2.10. The Morgan fingerprint density at radius 3 is 2.47 bits per heavy atom. The molecule has 1 aromatic rings. The summed E-state index contributed by atoms with van der Waals surface area (Å²) in [6.07, 6.45) is 2.17. The summed E-state index contributed by atoms with van der Waals surface area (Å²) < 4.78 is 17.2. The summed E-state index contributed by atoms with van der Waals surface area (Å²) in [4.78, 5) is 11.2. The first-order valence-electron chi connectivity index (χ1n) is 4.65. The molecule has 0 aliphatic rings. The lowest BCUT2D eigenvalue weighted by Crippen LogP contribution is -2.07. The lowest BCUT2D eigenvalue weighted by molar-refractivity contribution is -0.136. The highest BCUT2D eigenvalue weighted by atomic mass is 19.1. The van der Waals surface area contributed by atoms with Crippen molar-refractivity contribution in [2.24, 2.45) is 0 Å². The van der Waals surface area contributed by atoms with Crippen LogP contribution in [0.5, 0.6) is 0 Å². The van der Waals surface area contributed by atoms with Crippen molar-refractivity contribution in [3.05, 3.63) is 47.3 Å². The third-order valence-electron chi connectivity index (χ3n) is 2.10. The highest BCUT2D eigenvalue weighted by Crippen LogP contribution is 2.10. The first-order valence-corrected chi connectivity index (χ1v) is 4.65. The van der Waals surface area contributed by atoms with Crippen LogP contribution >= 0.6 is 0 Å². The number of hydrogen-bond donors (Lipinski definition) is 0. The number of benzene rings is 1. The molecule has 15 heavy (non-hydrogen) atoms. The van der Waals surface area contributed by atoms with Crippen molar-refractivity contribution in [2.45, 2.75) is 13.3 Å². The van der Waals surface area contributed by atoms with Crippen LogP contribution in [-0.4, -0.2) is 13.1 Å². The van der Waals surface area contributed by atoms with Crippen molar-refractivity contribution in [3.63, 3.8) is 0 Å². The topological polar surface area (TPSA) is 26.3 Å². The van der Waals surface area contributed by atoms with Gasteiger partial charge in [-0.3, -0.25) is 0 Å². The highest BCUT2D eigenvalue weighted by Gasteiger charge is 2.08. The Morgan fingerprint density at radius 1 is 1.40 bits per heavy atom. The monoisotopic (exact) mass is 208 g/mol. The predicted molar refractivity (Wildman–Crippen MR) is 55.9 cm³/mol. The maximum Gasteiger partial charge on any atom is 0.333 e. The molecule has 0 bridgehead atoms. The van der Waals surface area contributed by atoms with E-state index >= 15 is 0 Å². The molecule has 0 fully saturated rings. The zero-order valence-corrected chi connectivity index (χ0v) is 8.79. The lowest BCUT2D eigenvalue weighted by Gasteiger charge is -2.04. The summed E-state index contributed by atoms with van der Waals surface area (Å²) >= 11 is 0. The molecule has 1 aromatic carbocycles. The van der Waals surface area contributed by atoms with Crippen LogP contribution in [0.25, 0.3) is 0 Å². The number of halogens is 1. The van der Waals surface area contributed by atoms with Gasteiger partial charge in [0.05, 0.1) is 7.11 Å². The molecule has 0 aliphatic carbocycles. The number of rotatable bonds is 3. The number of ether oxygens (including phenoxy) is 1. The molecule has 0 saturated heterocycles. The van der Waals surface area contributed by atoms with Gasteiger partial charge in [-0.2, -0.15) is 0 Å². The Hall–Kier alpha value is -1.64. The van der Waals surface area contributed by atoms with Crippen LogP contribution in [0.3, 0.4) is 0 Å². The molecule has 0 radical (unpaired) electrons. The van der Waals surface area contributed by atoms with E-state index in [9.17, 15) is 9.18 Å². The zero-order valence-electron chi connectivity index (χ0n) is 8.79. The van der Waals surface area contributed by atoms with Crippen molar-refractivity contribution < 1.29 is 13.9 Å².